The Kier molecular flexibility index (Phi) is 5.52. The van der Waals surface area contributed by atoms with E-state index in [2.05, 4.69) is 0 Å². The smallest absolute Gasteiger partial charge is 0.175 e. The van der Waals surface area contributed by atoms with Gasteiger partial charge >= 0.3 is 0 Å². The van der Waals surface area contributed by atoms with Crippen LogP contribution < -0.4 is 0 Å². The quantitative estimate of drug-likeness (QED) is 0.835. The van der Waals surface area contributed by atoms with Crippen LogP contribution in [0.25, 0.3) is 0 Å². The highest BCUT2D eigenvalue weighted by Gasteiger charge is 2.18. The molecule has 0 bridgehead atoms. The minimum absolute atomic E-state index is 0.0600. The van der Waals surface area contributed by atoms with Gasteiger partial charge in [-0.25, -0.2) is 8.42 Å². The van der Waals surface area contributed by atoms with E-state index < -0.39 is 22.0 Å². The second kappa shape index (κ2) is 6.50. The lowest BCUT2D eigenvalue weighted by atomic mass is 9.92. The van der Waals surface area contributed by atoms with Gasteiger partial charge in [-0.15, -0.1) is 0 Å². The molecule has 1 aromatic carbocycles. The molecule has 19 heavy (non-hydrogen) atoms. The van der Waals surface area contributed by atoms with Crippen LogP contribution in [0.2, 0.25) is 0 Å². The van der Waals surface area contributed by atoms with Gasteiger partial charge in [0.1, 0.15) is 0 Å². The minimum Gasteiger partial charge on any atom is -0.390 e. The lowest BCUT2D eigenvalue weighted by Gasteiger charge is -2.20. The second-order valence-corrected chi connectivity index (χ2v) is 7.04. The molecule has 0 radical (unpaired) electrons. The molecule has 0 aliphatic carbocycles. The number of aliphatic hydroxyl groups excluding tert-OH is 2. The summed E-state index contributed by atoms with van der Waals surface area (Å²) in [5, 5.41) is 19.3. The Balaban J connectivity index is 2.76. The maximum Gasteiger partial charge on any atom is 0.175 e. The van der Waals surface area contributed by atoms with Crippen molar-refractivity contribution in [3.05, 3.63) is 29.8 Å². The molecule has 0 amide bonds. The average Bonchev–Trinajstić information content (AvgIpc) is 2.36. The first kappa shape index (κ1) is 16.1. The summed E-state index contributed by atoms with van der Waals surface area (Å²) >= 11 is 0. The van der Waals surface area contributed by atoms with Crippen molar-refractivity contribution >= 4 is 9.84 Å². The van der Waals surface area contributed by atoms with Gasteiger partial charge in [-0.2, -0.15) is 0 Å². The van der Waals surface area contributed by atoms with Gasteiger partial charge in [-0.3, -0.25) is 0 Å². The van der Waals surface area contributed by atoms with Crippen molar-refractivity contribution < 1.29 is 18.6 Å². The van der Waals surface area contributed by atoms with Gasteiger partial charge in [0, 0.05) is 6.26 Å². The first-order valence-corrected chi connectivity index (χ1v) is 8.31. The summed E-state index contributed by atoms with van der Waals surface area (Å²) in [6.07, 6.45) is 0.674. The molecular weight excluding hydrogens is 264 g/mol. The molecule has 0 fully saturated rings. The molecular formula is C14H22O4S. The van der Waals surface area contributed by atoms with E-state index >= 15 is 0 Å². The number of sulfone groups is 1. The van der Waals surface area contributed by atoms with Gasteiger partial charge in [0.25, 0.3) is 0 Å². The van der Waals surface area contributed by atoms with Crippen molar-refractivity contribution in [1.82, 2.24) is 0 Å². The van der Waals surface area contributed by atoms with Gasteiger partial charge < -0.3 is 10.2 Å². The molecule has 2 N–H and O–H groups in total. The molecule has 1 rings (SSSR count). The van der Waals surface area contributed by atoms with Crippen LogP contribution in [0, 0.1) is 0 Å². The van der Waals surface area contributed by atoms with Crippen LogP contribution in [0.5, 0.6) is 0 Å². The van der Waals surface area contributed by atoms with Crippen LogP contribution >= 0.6 is 0 Å². The maximum atomic E-state index is 11.3. The standard InChI is InChI=1S/C14H22O4S/c1-4-13(15)14(16)9-10(2)11-5-7-12(8-6-11)19(3,17)18/h5-8,10,13-16H,4,9H2,1-3H3. The first-order chi connectivity index (χ1) is 8.75. The van der Waals surface area contributed by atoms with Crippen molar-refractivity contribution in [2.45, 2.75) is 49.7 Å². The molecule has 0 heterocycles. The van der Waals surface area contributed by atoms with E-state index in [9.17, 15) is 18.6 Å². The van der Waals surface area contributed by atoms with Gasteiger partial charge in [0.05, 0.1) is 17.1 Å². The summed E-state index contributed by atoms with van der Waals surface area (Å²) in [5.74, 6) is 0.0600. The van der Waals surface area contributed by atoms with Crippen molar-refractivity contribution in [3.63, 3.8) is 0 Å². The minimum atomic E-state index is -3.18. The van der Waals surface area contributed by atoms with E-state index in [4.69, 9.17) is 0 Å². The van der Waals surface area contributed by atoms with E-state index in [-0.39, 0.29) is 10.8 Å². The monoisotopic (exact) mass is 286 g/mol. The predicted octanol–water partition coefficient (Wildman–Crippen LogP) is 1.72. The molecule has 108 valence electrons. The van der Waals surface area contributed by atoms with E-state index in [1.54, 1.807) is 24.3 Å². The Morgan fingerprint density at radius 3 is 2.05 bits per heavy atom. The Morgan fingerprint density at radius 2 is 1.63 bits per heavy atom. The highest BCUT2D eigenvalue weighted by Crippen LogP contribution is 2.23. The Bertz CT molecular complexity index is 493. The fourth-order valence-electron chi connectivity index (χ4n) is 1.97. The zero-order chi connectivity index (χ0) is 14.6. The molecule has 0 saturated carbocycles. The predicted molar refractivity (Wildman–Crippen MR) is 74.9 cm³/mol. The van der Waals surface area contributed by atoms with Crippen LogP contribution in [0.1, 0.15) is 38.2 Å². The summed E-state index contributed by atoms with van der Waals surface area (Å²) < 4.78 is 22.7. The van der Waals surface area contributed by atoms with Crippen molar-refractivity contribution in [1.29, 1.82) is 0 Å². The number of benzene rings is 1. The summed E-state index contributed by atoms with van der Waals surface area (Å²) in [6.45, 7) is 3.76. The summed E-state index contributed by atoms with van der Waals surface area (Å²) in [7, 11) is -3.18. The molecule has 0 spiro atoms. The van der Waals surface area contributed by atoms with Crippen molar-refractivity contribution in [3.8, 4) is 0 Å². The Hall–Kier alpha value is -0.910. The second-order valence-electron chi connectivity index (χ2n) is 5.02. The number of hydrogen-bond acceptors (Lipinski definition) is 4. The lowest BCUT2D eigenvalue weighted by Crippen LogP contribution is -2.26. The molecule has 0 aliphatic heterocycles. The van der Waals surface area contributed by atoms with E-state index in [1.165, 1.54) is 6.26 Å². The van der Waals surface area contributed by atoms with Crippen LogP contribution in [0.4, 0.5) is 0 Å². The highest BCUT2D eigenvalue weighted by molar-refractivity contribution is 7.90. The molecule has 1 aromatic rings. The molecule has 0 saturated heterocycles. The SMILES string of the molecule is CCC(O)C(O)CC(C)c1ccc(S(C)(=O)=O)cc1. The third-order valence-electron chi connectivity index (χ3n) is 3.33. The molecule has 5 heteroatoms. The molecule has 0 aromatic heterocycles. The van der Waals surface area contributed by atoms with Gasteiger partial charge in [0.15, 0.2) is 9.84 Å². The van der Waals surface area contributed by atoms with Crippen LogP contribution in [-0.2, 0) is 9.84 Å². The fraction of sp³-hybridized carbons (Fsp3) is 0.571. The van der Waals surface area contributed by atoms with Gasteiger partial charge in [-0.05, 0) is 36.5 Å². The van der Waals surface area contributed by atoms with Gasteiger partial charge in [0.2, 0.25) is 0 Å². The molecule has 4 nitrogen and oxygen atoms in total. The largest absolute Gasteiger partial charge is 0.390 e. The Morgan fingerprint density at radius 1 is 1.11 bits per heavy atom. The van der Waals surface area contributed by atoms with E-state index in [0.29, 0.717) is 12.8 Å². The maximum absolute atomic E-state index is 11.3. The highest BCUT2D eigenvalue weighted by atomic mass is 32.2. The van der Waals surface area contributed by atoms with Crippen molar-refractivity contribution in [2.24, 2.45) is 0 Å². The molecule has 0 aliphatic rings. The summed E-state index contributed by atoms with van der Waals surface area (Å²) in [4.78, 5) is 0.289. The van der Waals surface area contributed by atoms with E-state index in [1.807, 2.05) is 13.8 Å². The zero-order valence-corrected chi connectivity index (χ0v) is 12.4. The Labute approximate surface area is 115 Å². The molecule has 3 unspecified atom stereocenters. The number of hydrogen-bond donors (Lipinski definition) is 2. The topological polar surface area (TPSA) is 74.6 Å². The lowest BCUT2D eigenvalue weighted by molar-refractivity contribution is 0.00953. The first-order valence-electron chi connectivity index (χ1n) is 6.41. The van der Waals surface area contributed by atoms with Crippen LogP contribution in [-0.4, -0.2) is 37.1 Å². The average molecular weight is 286 g/mol. The van der Waals surface area contributed by atoms with Crippen LogP contribution in [0.3, 0.4) is 0 Å². The van der Waals surface area contributed by atoms with Gasteiger partial charge in [-0.1, -0.05) is 26.0 Å². The summed E-state index contributed by atoms with van der Waals surface area (Å²) in [5.41, 5.74) is 0.953. The number of rotatable bonds is 6. The third kappa shape index (κ3) is 4.60. The number of aliphatic hydroxyl groups is 2. The van der Waals surface area contributed by atoms with Crippen molar-refractivity contribution in [2.75, 3.05) is 6.26 Å². The fourth-order valence-corrected chi connectivity index (χ4v) is 2.60. The van der Waals surface area contributed by atoms with Crippen LogP contribution in [0.15, 0.2) is 29.2 Å². The third-order valence-corrected chi connectivity index (χ3v) is 4.46. The molecule has 3 atom stereocenters. The zero-order valence-electron chi connectivity index (χ0n) is 11.6. The summed E-state index contributed by atoms with van der Waals surface area (Å²) in [6, 6.07) is 6.66. The normalized spacial score (nSPS) is 16.9. The van der Waals surface area contributed by atoms with E-state index in [0.717, 1.165) is 5.56 Å².